The Kier molecular flexibility index (Phi) is 13.6. The number of carbonyl (C=O) groups excluding carboxylic acids is 3. The minimum absolute atomic E-state index is 0.0421. The molecule has 1 aliphatic carbocycles. The molecule has 21 heteroatoms. The molecule has 3 amide bonds. The largest absolute Gasteiger partial charge is 0.471 e. The number of amides is 3. The van der Waals surface area contributed by atoms with Gasteiger partial charge in [-0.2, -0.15) is 13.2 Å². The summed E-state index contributed by atoms with van der Waals surface area (Å²) in [6.45, 7) is 3.21. The van der Waals surface area contributed by atoms with Gasteiger partial charge in [-0.25, -0.2) is 4.79 Å². The van der Waals surface area contributed by atoms with E-state index >= 15 is 0 Å². The number of carbonyl (C=O) groups is 3. The summed E-state index contributed by atoms with van der Waals surface area (Å²) in [6.07, 6.45) is -13.5. The van der Waals surface area contributed by atoms with Gasteiger partial charge in [0, 0.05) is 31.0 Å². The molecule has 1 saturated heterocycles. The van der Waals surface area contributed by atoms with Crippen LogP contribution in [0.1, 0.15) is 45.6 Å². The number of aliphatic hydroxyl groups is 3. The minimum atomic E-state index is -5.17. The summed E-state index contributed by atoms with van der Waals surface area (Å²) in [5.74, 6) is -3.60. The third kappa shape index (κ3) is 10.7. The Balaban J connectivity index is 1.56. The predicted molar refractivity (Wildman–Crippen MR) is 173 cm³/mol. The van der Waals surface area contributed by atoms with Crippen LogP contribution in [0, 0.1) is 16.0 Å². The van der Waals surface area contributed by atoms with Crippen molar-refractivity contribution in [1.29, 1.82) is 0 Å². The van der Waals surface area contributed by atoms with Gasteiger partial charge in [-0.1, -0.05) is 6.92 Å². The van der Waals surface area contributed by atoms with Crippen LogP contribution in [0.15, 0.2) is 36.1 Å². The first kappa shape index (κ1) is 41.6. The molecule has 1 saturated carbocycles. The highest BCUT2D eigenvalue weighted by molar-refractivity contribution is 5.81. The number of rotatable bonds is 12. The molecule has 296 valence electrons. The number of nitro benzene ring substituents is 1. The van der Waals surface area contributed by atoms with E-state index in [2.05, 4.69) is 10.6 Å². The molecule has 0 spiro atoms. The van der Waals surface area contributed by atoms with Crippen LogP contribution in [0.2, 0.25) is 0 Å². The Hall–Kier alpha value is -4.12. The lowest BCUT2D eigenvalue weighted by molar-refractivity contribution is -0.384. The number of alkyl halides is 3. The van der Waals surface area contributed by atoms with Crippen LogP contribution in [0.4, 0.5) is 23.7 Å². The molecule has 3 aliphatic rings. The second-order valence-electron chi connectivity index (χ2n) is 13.3. The number of nitrogens with zero attached hydrogens (tertiary/aromatic N) is 1. The number of aliphatic hydroxyl groups excluding tert-OH is 2. The molecule has 0 aromatic heterocycles. The van der Waals surface area contributed by atoms with Gasteiger partial charge in [0.1, 0.15) is 36.8 Å². The highest BCUT2D eigenvalue weighted by Gasteiger charge is 2.52. The molecule has 2 aliphatic heterocycles. The Labute approximate surface area is 301 Å². The number of nitro groups is 1. The van der Waals surface area contributed by atoms with Crippen molar-refractivity contribution >= 4 is 23.6 Å². The van der Waals surface area contributed by atoms with E-state index in [4.69, 9.17) is 29.4 Å². The Bertz CT molecular complexity index is 1500. The Morgan fingerprint density at radius 1 is 1.08 bits per heavy atom. The molecular weight excluding hydrogens is 719 g/mol. The van der Waals surface area contributed by atoms with Gasteiger partial charge in [0.15, 0.2) is 6.29 Å². The number of nitrogens with two attached hydrogens (primary N) is 1. The first-order valence-electron chi connectivity index (χ1n) is 16.7. The number of ether oxygens (including phenoxy) is 5. The van der Waals surface area contributed by atoms with Crippen LogP contribution in [0.25, 0.3) is 0 Å². The molecule has 4 unspecified atom stereocenters. The van der Waals surface area contributed by atoms with E-state index in [-0.39, 0.29) is 37.5 Å². The van der Waals surface area contributed by atoms with Crippen molar-refractivity contribution in [2.45, 2.75) is 114 Å². The Morgan fingerprint density at radius 3 is 2.34 bits per heavy atom. The van der Waals surface area contributed by atoms with Crippen molar-refractivity contribution in [3.8, 4) is 0 Å². The molecule has 0 bridgehead atoms. The fourth-order valence-corrected chi connectivity index (χ4v) is 6.46. The second kappa shape index (κ2) is 17.3. The first-order valence-corrected chi connectivity index (χ1v) is 16.7. The number of hydrogen-bond donors (Lipinski definition) is 7. The van der Waals surface area contributed by atoms with Crippen LogP contribution in [-0.2, 0) is 39.9 Å². The topological polar surface area (TPSA) is 263 Å². The van der Waals surface area contributed by atoms with E-state index in [1.54, 1.807) is 12.2 Å². The number of benzene rings is 1. The van der Waals surface area contributed by atoms with E-state index in [1.165, 1.54) is 44.2 Å². The van der Waals surface area contributed by atoms with E-state index < -0.39 is 102 Å². The van der Waals surface area contributed by atoms with Crippen molar-refractivity contribution in [1.82, 2.24) is 16.0 Å². The van der Waals surface area contributed by atoms with Crippen LogP contribution < -0.4 is 21.7 Å². The fraction of sp³-hybridized carbons (Fsp3) is 0.656. The minimum Gasteiger partial charge on any atom is -0.465 e. The maximum absolute atomic E-state index is 13.0. The summed E-state index contributed by atoms with van der Waals surface area (Å²) in [5.41, 5.74) is 5.28. The van der Waals surface area contributed by atoms with Crippen LogP contribution in [0.3, 0.4) is 0 Å². The molecule has 0 radical (unpaired) electrons. The van der Waals surface area contributed by atoms with Crippen molar-refractivity contribution in [3.05, 3.63) is 51.8 Å². The van der Waals surface area contributed by atoms with Gasteiger partial charge in [-0.05, 0) is 50.0 Å². The average Bonchev–Trinajstić information content (AvgIpc) is 3.07. The Morgan fingerprint density at radius 2 is 1.74 bits per heavy atom. The van der Waals surface area contributed by atoms with Gasteiger partial charge in [-0.15, -0.1) is 0 Å². The lowest BCUT2D eigenvalue weighted by Crippen LogP contribution is -2.67. The first-order chi connectivity index (χ1) is 24.8. The zero-order valence-electron chi connectivity index (χ0n) is 29.0. The molecule has 1 aromatic rings. The molecule has 2 fully saturated rings. The normalized spacial score (nSPS) is 33.1. The smallest absolute Gasteiger partial charge is 0.465 e. The average molecular weight is 764 g/mol. The molecule has 4 rings (SSSR count). The second-order valence-corrected chi connectivity index (χ2v) is 13.3. The summed E-state index contributed by atoms with van der Waals surface area (Å²) in [4.78, 5) is 46.9. The third-order valence-corrected chi connectivity index (χ3v) is 9.16. The fourth-order valence-electron chi connectivity index (χ4n) is 6.46. The van der Waals surface area contributed by atoms with Gasteiger partial charge in [0.25, 0.3) is 5.69 Å². The number of alkyl carbamates (subject to hydrolysis) is 1. The number of halogens is 3. The van der Waals surface area contributed by atoms with Crippen molar-refractivity contribution in [2.24, 2.45) is 11.7 Å². The van der Waals surface area contributed by atoms with Gasteiger partial charge < -0.3 is 60.7 Å². The SMILES string of the molecule is CC[C@@H]1C(O)C(O[C@H]2C(N)CC(NC(=O)OCc3ccc([N+](=O)[O-])cc3)[C@@H](O[C@H]3OC(CNC(=O)C(F)(F)F)=CC[C@H]3NC(C)=O)[C@@H]2O)OC[C@]1(C)O. The standard InChI is InChI=1S/C32H44F3N5O13/c1-4-19-23(42)28(50-14-31(19,3)46)52-25-20(36)11-22(39-30(45)49-13-16-5-7-17(8-6-16)40(47)48)26(24(25)43)53-27-21(38-15(2)41)10-9-18(51-27)12-37-29(44)32(33,34)35/h5-9,19-28,42-43,46H,4,10-14,36H2,1-3H3,(H,37,44)(H,38,41)(H,39,45)/t19-,20?,21-,22?,23?,24-,25+,26-,27-,28?,31+/m1/s1. The lowest BCUT2D eigenvalue weighted by Gasteiger charge is -2.48. The van der Waals surface area contributed by atoms with E-state index in [0.29, 0.717) is 12.0 Å². The summed E-state index contributed by atoms with van der Waals surface area (Å²) in [5, 5.41) is 51.2. The van der Waals surface area contributed by atoms with E-state index in [9.17, 15) is 53.0 Å². The lowest BCUT2D eigenvalue weighted by atomic mass is 9.80. The van der Waals surface area contributed by atoms with Gasteiger partial charge in [-0.3, -0.25) is 19.7 Å². The van der Waals surface area contributed by atoms with E-state index in [0.717, 1.165) is 0 Å². The van der Waals surface area contributed by atoms with Crippen molar-refractivity contribution in [2.75, 3.05) is 13.2 Å². The number of non-ortho nitro benzene ring substituents is 1. The van der Waals surface area contributed by atoms with Crippen LogP contribution in [-0.4, -0.2) is 118 Å². The summed E-state index contributed by atoms with van der Waals surface area (Å²) >= 11 is 0. The molecule has 2 heterocycles. The van der Waals surface area contributed by atoms with Gasteiger partial charge >= 0.3 is 18.2 Å². The molecule has 18 nitrogen and oxygen atoms in total. The molecular formula is C32H44F3N5O13. The number of hydrogen-bond acceptors (Lipinski definition) is 14. The summed E-state index contributed by atoms with van der Waals surface area (Å²) in [7, 11) is 0. The highest BCUT2D eigenvalue weighted by atomic mass is 19.4. The van der Waals surface area contributed by atoms with Crippen molar-refractivity contribution < 1.29 is 71.5 Å². The van der Waals surface area contributed by atoms with Crippen LogP contribution in [0.5, 0.6) is 0 Å². The summed E-state index contributed by atoms with van der Waals surface area (Å²) < 4.78 is 67.3. The van der Waals surface area contributed by atoms with Gasteiger partial charge in [0.05, 0.1) is 35.8 Å². The van der Waals surface area contributed by atoms with Crippen molar-refractivity contribution in [3.63, 3.8) is 0 Å². The maximum atomic E-state index is 13.0. The van der Waals surface area contributed by atoms with Gasteiger partial charge in [0.2, 0.25) is 12.2 Å². The van der Waals surface area contributed by atoms with E-state index in [1.807, 2.05) is 0 Å². The zero-order chi connectivity index (χ0) is 39.2. The maximum Gasteiger partial charge on any atom is 0.471 e. The molecule has 11 atom stereocenters. The molecule has 53 heavy (non-hydrogen) atoms. The third-order valence-electron chi connectivity index (χ3n) is 9.16. The highest BCUT2D eigenvalue weighted by Crippen LogP contribution is 2.36. The molecule has 8 N–H and O–H groups in total. The quantitative estimate of drug-likeness (QED) is 0.112. The molecule has 1 aromatic carbocycles. The number of nitrogens with one attached hydrogen (secondary N) is 3. The predicted octanol–water partition coefficient (Wildman–Crippen LogP) is 0.360. The monoisotopic (exact) mass is 763 g/mol. The van der Waals surface area contributed by atoms with Crippen LogP contribution >= 0.6 is 0 Å². The zero-order valence-corrected chi connectivity index (χ0v) is 29.0. The summed E-state index contributed by atoms with van der Waals surface area (Å²) in [6, 6.07) is 2.04.